The van der Waals surface area contributed by atoms with Crippen molar-refractivity contribution < 1.29 is 76.3 Å². The topological polar surface area (TPSA) is 210 Å². The predicted octanol–water partition coefficient (Wildman–Crippen LogP) is -0.126. The van der Waals surface area contributed by atoms with Crippen LogP contribution in [0.2, 0.25) is 0 Å². The van der Waals surface area contributed by atoms with Gasteiger partial charge in [0.1, 0.15) is 0 Å². The van der Waals surface area contributed by atoms with Gasteiger partial charge in [0.25, 0.3) is 0 Å². The van der Waals surface area contributed by atoms with Crippen molar-refractivity contribution in [3.63, 3.8) is 0 Å². The first-order valence-electron chi connectivity index (χ1n) is 13.0. The molecule has 2 rings (SSSR count). The van der Waals surface area contributed by atoms with E-state index in [0.717, 1.165) is 56.9 Å². The summed E-state index contributed by atoms with van der Waals surface area (Å²) < 4.78 is 37.6. The van der Waals surface area contributed by atoms with Crippen LogP contribution in [0.1, 0.15) is 27.7 Å². The number of esters is 8. The molecule has 0 saturated heterocycles. The van der Waals surface area contributed by atoms with Gasteiger partial charge in [-0.15, -0.1) is 0 Å². The zero-order valence-corrected chi connectivity index (χ0v) is 26.8. The highest BCUT2D eigenvalue weighted by Gasteiger charge is 2.81. The Kier molecular flexibility index (Phi) is 11.7. The SMILES string of the molecule is COC(=O)C1C(C(=O)OC)C(C)(C(=O)OC)C1(C)C(=O)OC.COC(=O)C1C(C(=O)OC)C(C)(C(=O)OC)C1(C)C(=O)OC. The van der Waals surface area contributed by atoms with Crippen molar-refractivity contribution >= 4 is 47.8 Å². The molecule has 8 unspecified atom stereocenters. The van der Waals surface area contributed by atoms with Gasteiger partial charge in [-0.1, -0.05) is 0 Å². The van der Waals surface area contributed by atoms with Crippen LogP contribution in [-0.4, -0.2) is 105 Å². The maximum Gasteiger partial charge on any atom is 0.313 e. The standard InChI is InChI=1S/2C14H20O8/c2*1-13(11(17)21-5)7(9(15)19-3)8(10(16)20-4)14(13,2)12(18)22-6/h2*7-8H,1-6H3. The van der Waals surface area contributed by atoms with Crippen molar-refractivity contribution in [1.82, 2.24) is 0 Å². The summed E-state index contributed by atoms with van der Waals surface area (Å²) in [5, 5.41) is 0. The van der Waals surface area contributed by atoms with Gasteiger partial charge < -0.3 is 37.9 Å². The van der Waals surface area contributed by atoms with Crippen LogP contribution in [0.25, 0.3) is 0 Å². The van der Waals surface area contributed by atoms with Gasteiger partial charge in [-0.2, -0.15) is 0 Å². The molecule has 2 aliphatic carbocycles. The normalized spacial score (nSPS) is 33.2. The Morgan fingerprint density at radius 3 is 0.545 bits per heavy atom. The molecule has 0 heterocycles. The lowest BCUT2D eigenvalue weighted by atomic mass is 9.39. The number of methoxy groups -OCH3 is 8. The summed E-state index contributed by atoms with van der Waals surface area (Å²) in [5.74, 6) is -11.3. The van der Waals surface area contributed by atoms with E-state index in [-0.39, 0.29) is 0 Å². The largest absolute Gasteiger partial charge is 0.469 e. The first-order chi connectivity index (χ1) is 20.4. The zero-order chi connectivity index (χ0) is 34.6. The Bertz CT molecular complexity index is 1030. The highest BCUT2D eigenvalue weighted by atomic mass is 16.6. The molecule has 44 heavy (non-hydrogen) atoms. The monoisotopic (exact) mass is 632 g/mol. The molecule has 0 aliphatic heterocycles. The third kappa shape index (κ3) is 4.93. The number of ether oxygens (including phenoxy) is 8. The molecule has 16 nitrogen and oxygen atoms in total. The van der Waals surface area contributed by atoms with E-state index in [0.29, 0.717) is 0 Å². The van der Waals surface area contributed by atoms with Crippen LogP contribution in [-0.2, 0) is 76.3 Å². The van der Waals surface area contributed by atoms with E-state index in [9.17, 15) is 38.4 Å². The second kappa shape index (κ2) is 13.6. The Balaban J connectivity index is 0.000000440. The maximum atomic E-state index is 12.2. The van der Waals surface area contributed by atoms with Crippen molar-refractivity contribution in [1.29, 1.82) is 0 Å². The molecule has 0 amide bonds. The average molecular weight is 633 g/mol. The van der Waals surface area contributed by atoms with E-state index in [1.54, 1.807) is 0 Å². The molecule has 0 N–H and O–H groups in total. The molecule has 0 aromatic rings. The molecule has 0 bridgehead atoms. The minimum absolute atomic E-state index is 0.801. The molecule has 0 spiro atoms. The number of hydrogen-bond donors (Lipinski definition) is 0. The first kappa shape index (κ1) is 37.8. The molecule has 2 fully saturated rings. The van der Waals surface area contributed by atoms with E-state index < -0.39 is 93.1 Å². The summed E-state index contributed by atoms with van der Waals surface area (Å²) in [4.78, 5) is 97.3. The van der Waals surface area contributed by atoms with Crippen molar-refractivity contribution in [3.05, 3.63) is 0 Å². The third-order valence-electron chi connectivity index (χ3n) is 9.57. The smallest absolute Gasteiger partial charge is 0.313 e. The van der Waals surface area contributed by atoms with Gasteiger partial charge in [0.15, 0.2) is 0 Å². The van der Waals surface area contributed by atoms with Crippen LogP contribution >= 0.6 is 0 Å². The number of rotatable bonds is 8. The van der Waals surface area contributed by atoms with Gasteiger partial charge >= 0.3 is 47.8 Å². The number of carbonyl (C=O) groups excluding carboxylic acids is 8. The summed E-state index contributed by atoms with van der Waals surface area (Å²) in [7, 11) is 9.03. The van der Waals surface area contributed by atoms with Crippen LogP contribution in [0.5, 0.6) is 0 Å². The lowest BCUT2D eigenvalue weighted by Crippen LogP contribution is -2.73. The van der Waals surface area contributed by atoms with E-state index in [2.05, 4.69) is 18.9 Å². The Hall–Kier alpha value is -4.24. The lowest BCUT2D eigenvalue weighted by Gasteiger charge is -2.59. The molecule has 0 aromatic heterocycles. The average Bonchev–Trinajstić information content (AvgIpc) is 3.04. The molecular weight excluding hydrogens is 592 g/mol. The zero-order valence-electron chi connectivity index (χ0n) is 26.8. The fourth-order valence-electron chi connectivity index (χ4n) is 6.63. The summed E-state index contributed by atoms with van der Waals surface area (Å²) in [6.07, 6.45) is 0. The van der Waals surface area contributed by atoms with E-state index in [1.807, 2.05) is 0 Å². The fourth-order valence-corrected chi connectivity index (χ4v) is 6.63. The third-order valence-corrected chi connectivity index (χ3v) is 9.57. The summed E-state index contributed by atoms with van der Waals surface area (Å²) in [5.41, 5.74) is -6.44. The van der Waals surface area contributed by atoms with Gasteiger partial charge in [-0.3, -0.25) is 38.4 Å². The van der Waals surface area contributed by atoms with E-state index >= 15 is 0 Å². The van der Waals surface area contributed by atoms with Crippen molar-refractivity contribution in [2.24, 2.45) is 45.3 Å². The molecule has 16 heteroatoms. The molecule has 0 radical (unpaired) electrons. The van der Waals surface area contributed by atoms with Gasteiger partial charge in [0, 0.05) is 0 Å². The molecule has 248 valence electrons. The second-order valence-electron chi connectivity index (χ2n) is 10.8. The maximum absolute atomic E-state index is 12.2. The van der Waals surface area contributed by atoms with Crippen LogP contribution in [0.3, 0.4) is 0 Å². The van der Waals surface area contributed by atoms with Crippen molar-refractivity contribution in [2.75, 3.05) is 56.9 Å². The Morgan fingerprint density at radius 1 is 0.318 bits per heavy atom. The van der Waals surface area contributed by atoms with Crippen LogP contribution in [0.15, 0.2) is 0 Å². The highest BCUT2D eigenvalue weighted by molar-refractivity contribution is 6.03. The van der Waals surface area contributed by atoms with Crippen molar-refractivity contribution in [3.8, 4) is 0 Å². The van der Waals surface area contributed by atoms with Crippen LogP contribution < -0.4 is 0 Å². The number of hydrogen-bond acceptors (Lipinski definition) is 16. The van der Waals surface area contributed by atoms with Gasteiger partial charge in [-0.05, 0) is 27.7 Å². The predicted molar refractivity (Wildman–Crippen MR) is 143 cm³/mol. The Labute approximate surface area is 254 Å². The van der Waals surface area contributed by atoms with Gasteiger partial charge in [0.2, 0.25) is 0 Å². The molecule has 2 saturated carbocycles. The second-order valence-corrected chi connectivity index (χ2v) is 10.8. The molecule has 2 aliphatic rings. The van der Waals surface area contributed by atoms with E-state index in [1.165, 1.54) is 27.7 Å². The molecular formula is C28H40O16. The quantitative estimate of drug-likeness (QED) is 0.252. The minimum Gasteiger partial charge on any atom is -0.469 e. The van der Waals surface area contributed by atoms with E-state index in [4.69, 9.17) is 18.9 Å². The Morgan fingerprint density at radius 2 is 0.455 bits per heavy atom. The fraction of sp³-hybridized carbons (Fsp3) is 0.714. The van der Waals surface area contributed by atoms with Crippen LogP contribution in [0.4, 0.5) is 0 Å². The molecule has 8 atom stereocenters. The minimum atomic E-state index is -1.61. The number of carbonyl (C=O) groups is 8. The lowest BCUT2D eigenvalue weighted by molar-refractivity contribution is -0.237. The van der Waals surface area contributed by atoms with Gasteiger partial charge in [-0.25, -0.2) is 0 Å². The molecule has 0 aromatic carbocycles. The highest BCUT2D eigenvalue weighted by Crippen LogP contribution is 2.67. The van der Waals surface area contributed by atoms with Gasteiger partial charge in [0.05, 0.1) is 102 Å². The first-order valence-corrected chi connectivity index (χ1v) is 13.0. The summed E-state index contributed by atoms with van der Waals surface area (Å²) in [6, 6.07) is 0. The van der Waals surface area contributed by atoms with Crippen LogP contribution in [0, 0.1) is 45.3 Å². The summed E-state index contributed by atoms with van der Waals surface area (Å²) >= 11 is 0. The summed E-state index contributed by atoms with van der Waals surface area (Å²) in [6.45, 7) is 5.49. The van der Waals surface area contributed by atoms with Crippen molar-refractivity contribution in [2.45, 2.75) is 27.7 Å².